The third-order valence-electron chi connectivity index (χ3n) is 2.79. The zero-order valence-electron chi connectivity index (χ0n) is 10.5. The Labute approximate surface area is 114 Å². The van der Waals surface area contributed by atoms with Crippen LogP contribution in [-0.2, 0) is 9.53 Å². The number of hydrogen-bond donors (Lipinski definition) is 1. The first-order valence-electron chi connectivity index (χ1n) is 5.51. The Morgan fingerprint density at radius 2 is 2.05 bits per heavy atom. The van der Waals surface area contributed by atoms with Gasteiger partial charge in [-0.05, 0) is 12.1 Å². The van der Waals surface area contributed by atoms with Crippen molar-refractivity contribution in [3.8, 4) is 5.75 Å². The molecule has 0 aliphatic heterocycles. The van der Waals surface area contributed by atoms with Crippen molar-refractivity contribution >= 4 is 34.3 Å². The van der Waals surface area contributed by atoms with E-state index in [9.17, 15) is 9.59 Å². The van der Waals surface area contributed by atoms with E-state index in [1.165, 1.54) is 14.2 Å². The number of fused-ring (bicyclic) bond motifs is 1. The molecule has 2 aromatic rings. The molecule has 1 N–H and O–H groups in total. The number of carbonyl (C=O) groups excluding carboxylic acids is 2. The number of benzene rings is 1. The molecule has 2 rings (SSSR count). The summed E-state index contributed by atoms with van der Waals surface area (Å²) in [6.07, 6.45) is 1.25. The number of esters is 1. The summed E-state index contributed by atoms with van der Waals surface area (Å²) < 4.78 is 9.59. The van der Waals surface area contributed by atoms with Gasteiger partial charge in [0.25, 0.3) is 0 Å². The summed E-state index contributed by atoms with van der Waals surface area (Å²) in [6, 6.07) is 3.34. The normalized spacial score (nSPS) is 10.5. The first-order chi connectivity index (χ1) is 9.06. The van der Waals surface area contributed by atoms with Crippen LogP contribution in [0.25, 0.3) is 10.9 Å². The van der Waals surface area contributed by atoms with Crippen LogP contribution in [0.5, 0.6) is 5.75 Å². The summed E-state index contributed by atoms with van der Waals surface area (Å²) in [7, 11) is 2.74. The van der Waals surface area contributed by atoms with Crippen molar-refractivity contribution in [3.63, 3.8) is 0 Å². The highest BCUT2D eigenvalue weighted by atomic mass is 35.5. The van der Waals surface area contributed by atoms with Crippen LogP contribution in [0.15, 0.2) is 18.3 Å². The number of carbonyl (C=O) groups is 2. The van der Waals surface area contributed by atoms with Gasteiger partial charge in [-0.2, -0.15) is 0 Å². The number of halogens is 1. The van der Waals surface area contributed by atoms with E-state index in [4.69, 9.17) is 16.3 Å². The molecule has 1 heterocycles. The molecule has 1 aromatic carbocycles. The average Bonchev–Trinajstić information content (AvgIpc) is 2.80. The Kier molecular flexibility index (Phi) is 3.76. The van der Waals surface area contributed by atoms with Crippen molar-refractivity contribution in [2.45, 2.75) is 6.42 Å². The predicted octanol–water partition coefficient (Wildman–Crippen LogP) is 2.58. The van der Waals surface area contributed by atoms with Crippen LogP contribution in [0.3, 0.4) is 0 Å². The van der Waals surface area contributed by atoms with Crippen LogP contribution in [0.2, 0.25) is 5.02 Å². The van der Waals surface area contributed by atoms with Gasteiger partial charge in [0.2, 0.25) is 0 Å². The molecular weight excluding hydrogens is 270 g/mol. The van der Waals surface area contributed by atoms with E-state index in [1.807, 2.05) is 0 Å². The zero-order valence-corrected chi connectivity index (χ0v) is 11.2. The Morgan fingerprint density at radius 3 is 2.68 bits per heavy atom. The zero-order chi connectivity index (χ0) is 14.0. The molecule has 0 aliphatic carbocycles. The molecule has 0 saturated carbocycles. The van der Waals surface area contributed by atoms with Crippen molar-refractivity contribution in [1.29, 1.82) is 0 Å². The van der Waals surface area contributed by atoms with Crippen molar-refractivity contribution in [1.82, 2.24) is 4.98 Å². The molecule has 0 aliphatic rings. The molecule has 0 spiro atoms. The summed E-state index contributed by atoms with van der Waals surface area (Å²) in [5, 5.41) is 1.11. The fraction of sp³-hybridized carbons (Fsp3) is 0.231. The maximum absolute atomic E-state index is 12.0. The summed E-state index contributed by atoms with van der Waals surface area (Å²) in [4.78, 5) is 26.1. The number of aromatic amines is 1. The molecular formula is C13H12ClNO4. The number of nitrogens with one attached hydrogen (secondary N) is 1. The minimum atomic E-state index is -0.569. The molecule has 0 unspecified atom stereocenters. The first-order valence-corrected chi connectivity index (χ1v) is 5.89. The van der Waals surface area contributed by atoms with Gasteiger partial charge < -0.3 is 14.5 Å². The molecule has 0 saturated heterocycles. The van der Waals surface area contributed by atoms with Gasteiger partial charge in [0.1, 0.15) is 12.2 Å². The standard InChI is InChI=1S/C13H12ClNO4/c1-18-12-3-7-8(11(16)5-13(17)19-2)6-15-10(7)4-9(12)14/h3-4,6,15H,5H2,1-2H3. The SMILES string of the molecule is COC(=O)CC(=O)c1c[nH]c2cc(Cl)c(OC)cc12. The van der Waals surface area contributed by atoms with E-state index in [2.05, 4.69) is 9.72 Å². The number of rotatable bonds is 4. The monoisotopic (exact) mass is 281 g/mol. The van der Waals surface area contributed by atoms with Crippen LogP contribution in [0, 0.1) is 0 Å². The molecule has 0 atom stereocenters. The van der Waals surface area contributed by atoms with Crippen LogP contribution in [-0.4, -0.2) is 31.0 Å². The van der Waals surface area contributed by atoms with Gasteiger partial charge in [0, 0.05) is 22.7 Å². The summed E-state index contributed by atoms with van der Waals surface area (Å²) in [5.74, 6) is -0.413. The van der Waals surface area contributed by atoms with Gasteiger partial charge in [-0.3, -0.25) is 9.59 Å². The van der Waals surface area contributed by atoms with E-state index in [0.717, 1.165) is 0 Å². The number of ketones is 1. The summed E-state index contributed by atoms with van der Waals surface area (Å²) in [5.41, 5.74) is 1.12. The number of ether oxygens (including phenoxy) is 2. The first kappa shape index (κ1) is 13.4. The summed E-state index contributed by atoms with van der Waals surface area (Å²) >= 11 is 5.99. The van der Waals surface area contributed by atoms with E-state index in [1.54, 1.807) is 18.3 Å². The molecule has 0 radical (unpaired) electrons. The third-order valence-corrected chi connectivity index (χ3v) is 3.08. The molecule has 5 nitrogen and oxygen atoms in total. The highest BCUT2D eigenvalue weighted by molar-refractivity contribution is 6.33. The van der Waals surface area contributed by atoms with Crippen molar-refractivity contribution in [2.24, 2.45) is 0 Å². The Bertz CT molecular complexity index is 647. The number of H-pyrrole nitrogens is 1. The number of methoxy groups -OCH3 is 2. The molecule has 19 heavy (non-hydrogen) atoms. The van der Waals surface area contributed by atoms with Crippen LogP contribution in [0.4, 0.5) is 0 Å². The van der Waals surface area contributed by atoms with E-state index >= 15 is 0 Å². The quantitative estimate of drug-likeness (QED) is 0.531. The van der Waals surface area contributed by atoms with E-state index < -0.39 is 5.97 Å². The second-order valence-corrected chi connectivity index (χ2v) is 4.32. The van der Waals surface area contributed by atoms with Gasteiger partial charge >= 0.3 is 5.97 Å². The average molecular weight is 282 g/mol. The minimum absolute atomic E-state index is 0.297. The second-order valence-electron chi connectivity index (χ2n) is 3.91. The van der Waals surface area contributed by atoms with Gasteiger partial charge in [0.15, 0.2) is 5.78 Å². The molecule has 0 bridgehead atoms. The molecule has 1 aromatic heterocycles. The fourth-order valence-electron chi connectivity index (χ4n) is 1.81. The lowest BCUT2D eigenvalue weighted by Gasteiger charge is -2.04. The Hall–Kier alpha value is -2.01. The second kappa shape index (κ2) is 5.32. The van der Waals surface area contributed by atoms with Gasteiger partial charge in [-0.25, -0.2) is 0 Å². The lowest BCUT2D eigenvalue weighted by Crippen LogP contribution is -2.09. The van der Waals surface area contributed by atoms with Gasteiger partial charge in [0.05, 0.1) is 19.2 Å². The van der Waals surface area contributed by atoms with Crippen LogP contribution >= 0.6 is 11.6 Å². The van der Waals surface area contributed by atoms with Gasteiger partial charge in [-0.15, -0.1) is 0 Å². The topological polar surface area (TPSA) is 68.4 Å². The van der Waals surface area contributed by atoms with Crippen molar-refractivity contribution in [3.05, 3.63) is 28.9 Å². The highest BCUT2D eigenvalue weighted by Crippen LogP contribution is 2.31. The predicted molar refractivity (Wildman–Crippen MR) is 70.8 cm³/mol. The van der Waals surface area contributed by atoms with Crippen molar-refractivity contribution < 1.29 is 19.1 Å². The molecule has 6 heteroatoms. The van der Waals surface area contributed by atoms with Crippen LogP contribution < -0.4 is 4.74 Å². The number of Topliss-reactive ketones (excluding diaryl/α,β-unsaturated/α-hetero) is 1. The highest BCUT2D eigenvalue weighted by Gasteiger charge is 2.17. The van der Waals surface area contributed by atoms with E-state index in [0.29, 0.717) is 27.2 Å². The van der Waals surface area contributed by atoms with Crippen LogP contribution in [0.1, 0.15) is 16.8 Å². The molecule has 100 valence electrons. The maximum Gasteiger partial charge on any atom is 0.313 e. The third kappa shape index (κ3) is 2.56. The lowest BCUT2D eigenvalue weighted by atomic mass is 10.1. The summed E-state index contributed by atoms with van der Waals surface area (Å²) in [6.45, 7) is 0. The fourth-order valence-corrected chi connectivity index (χ4v) is 2.05. The number of hydrogen-bond acceptors (Lipinski definition) is 4. The van der Waals surface area contributed by atoms with Crippen molar-refractivity contribution in [2.75, 3.05) is 14.2 Å². The van der Waals surface area contributed by atoms with E-state index in [-0.39, 0.29) is 12.2 Å². The largest absolute Gasteiger partial charge is 0.495 e. The smallest absolute Gasteiger partial charge is 0.313 e. The van der Waals surface area contributed by atoms with Gasteiger partial charge in [-0.1, -0.05) is 11.6 Å². The minimum Gasteiger partial charge on any atom is -0.495 e. The molecule has 0 fully saturated rings. The number of aromatic nitrogens is 1. The maximum atomic E-state index is 12.0. The Morgan fingerprint density at radius 1 is 1.32 bits per heavy atom. The lowest BCUT2D eigenvalue weighted by molar-refractivity contribution is -0.139. The Balaban J connectivity index is 2.44. The molecule has 0 amide bonds.